The Morgan fingerprint density at radius 1 is 1.45 bits per heavy atom. The van der Waals surface area contributed by atoms with Gasteiger partial charge in [-0.2, -0.15) is 4.98 Å². The third-order valence-corrected chi connectivity index (χ3v) is 3.46. The maximum absolute atomic E-state index is 10.7. The number of carboxylic acid groups (broad SMARTS) is 1. The third kappa shape index (κ3) is 2.99. The summed E-state index contributed by atoms with van der Waals surface area (Å²) in [4.78, 5) is 23.2. The average molecular weight is 298 g/mol. The van der Waals surface area contributed by atoms with Crippen LogP contribution in [0.1, 0.15) is 0 Å². The number of hydrogen-bond donors (Lipinski definition) is 1. The van der Waals surface area contributed by atoms with Crippen molar-refractivity contribution in [2.24, 2.45) is 0 Å². The quantitative estimate of drug-likeness (QED) is 0.744. The normalized spacial score (nSPS) is 10.9. The number of methoxy groups -OCH3 is 2. The van der Waals surface area contributed by atoms with Gasteiger partial charge in [-0.25, -0.2) is 9.97 Å². The molecule has 2 aromatic heterocycles. The molecule has 20 heavy (non-hydrogen) atoms. The van der Waals surface area contributed by atoms with Crippen LogP contribution in [0.3, 0.4) is 0 Å². The van der Waals surface area contributed by atoms with Crippen molar-refractivity contribution in [3.63, 3.8) is 0 Å². The fraction of sp³-hybridized carbons (Fsp3) is 0.455. The smallest absolute Gasteiger partial charge is 0.313 e. The number of thioether (sulfide) groups is 1. The summed E-state index contributed by atoms with van der Waals surface area (Å²) in [5, 5.41) is 9.34. The Morgan fingerprint density at radius 2 is 2.25 bits per heavy atom. The molecule has 2 rings (SSSR count). The Morgan fingerprint density at radius 3 is 2.90 bits per heavy atom. The lowest BCUT2D eigenvalue weighted by Crippen LogP contribution is -2.08. The topological polar surface area (TPSA) is 99.4 Å². The first kappa shape index (κ1) is 14.5. The highest BCUT2D eigenvalue weighted by molar-refractivity contribution is 7.99. The van der Waals surface area contributed by atoms with Gasteiger partial charge in [-0.05, 0) is 0 Å². The Hall–Kier alpha value is -1.87. The van der Waals surface area contributed by atoms with Crippen molar-refractivity contribution in [2.75, 3.05) is 26.6 Å². The average Bonchev–Trinajstić information content (AvgIpc) is 2.80. The molecule has 0 saturated carbocycles. The van der Waals surface area contributed by atoms with Crippen molar-refractivity contribution in [2.45, 2.75) is 11.7 Å². The van der Waals surface area contributed by atoms with Gasteiger partial charge in [0.25, 0.3) is 0 Å². The number of aliphatic carboxylic acids is 1. The maximum Gasteiger partial charge on any atom is 0.313 e. The van der Waals surface area contributed by atoms with E-state index < -0.39 is 5.97 Å². The SMILES string of the molecule is COCCn1c(SCC(=O)O)nc2c(OC)ncnc21. The molecule has 0 aliphatic rings. The first-order valence-corrected chi connectivity index (χ1v) is 6.74. The van der Waals surface area contributed by atoms with Gasteiger partial charge in [-0.1, -0.05) is 11.8 Å². The van der Waals surface area contributed by atoms with Crippen LogP contribution in [0.2, 0.25) is 0 Å². The first-order valence-electron chi connectivity index (χ1n) is 5.76. The van der Waals surface area contributed by atoms with E-state index in [-0.39, 0.29) is 5.75 Å². The molecule has 1 N–H and O–H groups in total. The molecule has 2 heterocycles. The second-order valence-corrected chi connectivity index (χ2v) is 4.72. The van der Waals surface area contributed by atoms with Crippen LogP contribution in [-0.2, 0) is 16.1 Å². The summed E-state index contributed by atoms with van der Waals surface area (Å²) in [6.45, 7) is 0.994. The summed E-state index contributed by atoms with van der Waals surface area (Å²) < 4.78 is 12.0. The number of fused-ring (bicyclic) bond motifs is 1. The minimum Gasteiger partial charge on any atom is -0.481 e. The molecule has 0 aliphatic carbocycles. The molecule has 0 saturated heterocycles. The lowest BCUT2D eigenvalue weighted by Gasteiger charge is -2.06. The van der Waals surface area contributed by atoms with E-state index in [0.717, 1.165) is 11.8 Å². The van der Waals surface area contributed by atoms with Gasteiger partial charge in [0, 0.05) is 7.11 Å². The Balaban J connectivity index is 2.44. The Labute approximate surface area is 119 Å². The van der Waals surface area contributed by atoms with E-state index in [2.05, 4.69) is 15.0 Å². The molecule has 9 heteroatoms. The molecule has 0 atom stereocenters. The van der Waals surface area contributed by atoms with E-state index in [1.807, 2.05) is 0 Å². The van der Waals surface area contributed by atoms with Crippen molar-refractivity contribution >= 4 is 28.9 Å². The molecular formula is C11H14N4O4S. The van der Waals surface area contributed by atoms with Gasteiger partial charge in [-0.3, -0.25) is 4.79 Å². The van der Waals surface area contributed by atoms with E-state index in [0.29, 0.717) is 35.4 Å². The second kappa shape index (κ2) is 6.53. The van der Waals surface area contributed by atoms with Crippen LogP contribution in [-0.4, -0.2) is 57.2 Å². The first-order chi connectivity index (χ1) is 9.67. The molecule has 0 spiro atoms. The zero-order valence-electron chi connectivity index (χ0n) is 11.1. The number of carboxylic acids is 1. The third-order valence-electron chi connectivity index (χ3n) is 2.50. The van der Waals surface area contributed by atoms with E-state index in [1.165, 1.54) is 13.4 Å². The Bertz CT molecular complexity index is 616. The van der Waals surface area contributed by atoms with E-state index in [4.69, 9.17) is 14.6 Å². The van der Waals surface area contributed by atoms with Crippen LogP contribution >= 0.6 is 11.8 Å². The van der Waals surface area contributed by atoms with Crippen LogP contribution < -0.4 is 4.74 Å². The van der Waals surface area contributed by atoms with Crippen LogP contribution in [0.15, 0.2) is 11.5 Å². The highest BCUT2D eigenvalue weighted by Gasteiger charge is 2.17. The van der Waals surface area contributed by atoms with Gasteiger partial charge in [0.2, 0.25) is 5.88 Å². The van der Waals surface area contributed by atoms with Gasteiger partial charge in [-0.15, -0.1) is 0 Å². The molecule has 0 bridgehead atoms. The highest BCUT2D eigenvalue weighted by Crippen LogP contribution is 2.26. The van der Waals surface area contributed by atoms with Crippen molar-refractivity contribution in [1.29, 1.82) is 0 Å². The minimum atomic E-state index is -0.904. The molecule has 108 valence electrons. The number of hydrogen-bond acceptors (Lipinski definition) is 7. The number of rotatable bonds is 7. The number of aromatic nitrogens is 4. The summed E-state index contributed by atoms with van der Waals surface area (Å²) in [7, 11) is 3.10. The lowest BCUT2D eigenvalue weighted by molar-refractivity contribution is -0.133. The molecule has 0 unspecified atom stereocenters. The molecule has 0 aromatic carbocycles. The summed E-state index contributed by atoms with van der Waals surface area (Å²) in [5.74, 6) is -0.617. The van der Waals surface area contributed by atoms with Crippen LogP contribution in [0.4, 0.5) is 0 Å². The predicted octanol–water partition coefficient (Wildman–Crippen LogP) is 0.658. The minimum absolute atomic E-state index is 0.0773. The molecule has 0 fully saturated rings. The van der Waals surface area contributed by atoms with Gasteiger partial charge in [0.05, 0.1) is 26.0 Å². The largest absolute Gasteiger partial charge is 0.481 e. The fourth-order valence-corrected chi connectivity index (χ4v) is 2.41. The lowest BCUT2D eigenvalue weighted by atomic mass is 10.5. The molecule has 2 aromatic rings. The van der Waals surface area contributed by atoms with Gasteiger partial charge in [0.1, 0.15) is 6.33 Å². The molecule has 0 amide bonds. The number of carbonyl (C=O) groups is 1. The van der Waals surface area contributed by atoms with Crippen molar-refractivity contribution in [3.8, 4) is 5.88 Å². The van der Waals surface area contributed by atoms with Crippen molar-refractivity contribution in [3.05, 3.63) is 6.33 Å². The van der Waals surface area contributed by atoms with Crippen LogP contribution in [0, 0.1) is 0 Å². The highest BCUT2D eigenvalue weighted by atomic mass is 32.2. The van der Waals surface area contributed by atoms with E-state index >= 15 is 0 Å². The number of ether oxygens (including phenoxy) is 2. The van der Waals surface area contributed by atoms with E-state index in [9.17, 15) is 4.79 Å². The summed E-state index contributed by atoms with van der Waals surface area (Å²) >= 11 is 1.12. The summed E-state index contributed by atoms with van der Waals surface area (Å²) in [6, 6.07) is 0. The number of nitrogens with zero attached hydrogens (tertiary/aromatic N) is 4. The monoisotopic (exact) mass is 298 g/mol. The fourth-order valence-electron chi connectivity index (χ4n) is 1.67. The van der Waals surface area contributed by atoms with E-state index in [1.54, 1.807) is 11.7 Å². The zero-order chi connectivity index (χ0) is 14.5. The molecule has 8 nitrogen and oxygen atoms in total. The van der Waals surface area contributed by atoms with Crippen molar-refractivity contribution < 1.29 is 19.4 Å². The van der Waals surface area contributed by atoms with Gasteiger partial charge in [0.15, 0.2) is 16.3 Å². The molecule has 0 radical (unpaired) electrons. The second-order valence-electron chi connectivity index (χ2n) is 3.78. The predicted molar refractivity (Wildman–Crippen MR) is 72.1 cm³/mol. The standard InChI is InChI=1S/C11H14N4O4S/c1-18-4-3-15-9-8(10(19-2)13-6-12-9)14-11(15)20-5-7(16)17/h6H,3-5H2,1-2H3,(H,16,17). The summed E-state index contributed by atoms with van der Waals surface area (Å²) in [6.07, 6.45) is 1.39. The number of imidazole rings is 1. The van der Waals surface area contributed by atoms with Gasteiger partial charge >= 0.3 is 5.97 Å². The van der Waals surface area contributed by atoms with Crippen molar-refractivity contribution in [1.82, 2.24) is 19.5 Å². The molecular weight excluding hydrogens is 284 g/mol. The van der Waals surface area contributed by atoms with Crippen LogP contribution in [0.5, 0.6) is 5.88 Å². The van der Waals surface area contributed by atoms with Gasteiger partial charge < -0.3 is 19.1 Å². The van der Waals surface area contributed by atoms with Crippen LogP contribution in [0.25, 0.3) is 11.2 Å². The zero-order valence-corrected chi connectivity index (χ0v) is 11.9. The molecule has 0 aliphatic heterocycles. The maximum atomic E-state index is 10.7. The summed E-state index contributed by atoms with van der Waals surface area (Å²) in [5.41, 5.74) is 1.11. The Kier molecular flexibility index (Phi) is 4.74.